The fourth-order valence-corrected chi connectivity index (χ4v) is 2.99. The number of para-hydroxylation sites is 1. The number of hydrazone groups is 1. The monoisotopic (exact) mass is 431 g/mol. The van der Waals surface area contributed by atoms with Crippen LogP contribution in [0.1, 0.15) is 37.4 Å². The van der Waals surface area contributed by atoms with E-state index in [1.807, 2.05) is 32.0 Å². The number of hydrogen-bond donors (Lipinski definition) is 2. The van der Waals surface area contributed by atoms with Crippen molar-refractivity contribution in [3.63, 3.8) is 0 Å². The number of ether oxygens (including phenoxy) is 2. The molecule has 7 nitrogen and oxygen atoms in total. The van der Waals surface area contributed by atoms with Crippen molar-refractivity contribution in [1.82, 2.24) is 5.43 Å². The Hall–Kier alpha value is -4.13. The van der Waals surface area contributed by atoms with Crippen LogP contribution in [0.2, 0.25) is 0 Å². The third kappa shape index (κ3) is 5.51. The summed E-state index contributed by atoms with van der Waals surface area (Å²) >= 11 is 0. The summed E-state index contributed by atoms with van der Waals surface area (Å²) in [6.45, 7) is 4.05. The van der Waals surface area contributed by atoms with Crippen molar-refractivity contribution in [3.8, 4) is 11.5 Å². The van der Waals surface area contributed by atoms with Crippen LogP contribution < -0.4 is 20.2 Å². The number of nitrogens with one attached hydrogen (secondary N) is 2. The van der Waals surface area contributed by atoms with Crippen molar-refractivity contribution in [2.45, 2.75) is 13.8 Å². The van der Waals surface area contributed by atoms with Gasteiger partial charge in [-0.15, -0.1) is 0 Å². The molecular weight excluding hydrogens is 406 g/mol. The predicted octanol–water partition coefficient (Wildman–Crippen LogP) is 4.34. The van der Waals surface area contributed by atoms with Gasteiger partial charge in [0.05, 0.1) is 31.7 Å². The van der Waals surface area contributed by atoms with Gasteiger partial charge in [0.2, 0.25) is 0 Å². The van der Waals surface area contributed by atoms with Gasteiger partial charge in [-0.05, 0) is 54.8 Å². The van der Waals surface area contributed by atoms with Gasteiger partial charge < -0.3 is 14.8 Å². The smallest absolute Gasteiger partial charge is 0.273 e. The Balaban J connectivity index is 1.75. The lowest BCUT2D eigenvalue weighted by molar-refractivity contribution is 0.0956. The molecule has 0 radical (unpaired) electrons. The van der Waals surface area contributed by atoms with Gasteiger partial charge in [0.15, 0.2) is 0 Å². The molecule has 0 heterocycles. The Kier molecular flexibility index (Phi) is 7.23. The van der Waals surface area contributed by atoms with E-state index in [9.17, 15) is 9.59 Å². The highest BCUT2D eigenvalue weighted by atomic mass is 16.5. The Labute approximate surface area is 187 Å². The molecule has 0 aliphatic heterocycles. The van der Waals surface area contributed by atoms with Gasteiger partial charge in [-0.3, -0.25) is 9.59 Å². The van der Waals surface area contributed by atoms with Gasteiger partial charge in [-0.25, -0.2) is 5.43 Å². The lowest BCUT2D eigenvalue weighted by Gasteiger charge is -2.12. The number of hydrogen-bond acceptors (Lipinski definition) is 5. The maximum absolute atomic E-state index is 12.8. The van der Waals surface area contributed by atoms with Crippen LogP contribution in [0.25, 0.3) is 0 Å². The summed E-state index contributed by atoms with van der Waals surface area (Å²) in [7, 11) is 3.02. The molecule has 0 atom stereocenters. The van der Waals surface area contributed by atoms with Gasteiger partial charge in [0.1, 0.15) is 11.5 Å². The van der Waals surface area contributed by atoms with Crippen molar-refractivity contribution in [1.29, 1.82) is 0 Å². The minimum Gasteiger partial charge on any atom is -0.497 e. The van der Waals surface area contributed by atoms with E-state index in [-0.39, 0.29) is 5.56 Å². The van der Waals surface area contributed by atoms with E-state index in [1.54, 1.807) is 48.7 Å². The van der Waals surface area contributed by atoms with Gasteiger partial charge in [-0.1, -0.05) is 30.3 Å². The number of amides is 2. The summed E-state index contributed by atoms with van der Waals surface area (Å²) in [4.78, 5) is 25.5. The molecule has 164 valence electrons. The van der Waals surface area contributed by atoms with Gasteiger partial charge in [-0.2, -0.15) is 5.10 Å². The Morgan fingerprint density at radius 2 is 1.53 bits per heavy atom. The summed E-state index contributed by atoms with van der Waals surface area (Å²) in [6.07, 6.45) is 1.58. The first-order valence-corrected chi connectivity index (χ1v) is 9.95. The van der Waals surface area contributed by atoms with E-state index in [4.69, 9.17) is 9.47 Å². The van der Waals surface area contributed by atoms with Crippen molar-refractivity contribution >= 4 is 23.7 Å². The number of carbonyl (C=O) groups excluding carboxylic acids is 2. The van der Waals surface area contributed by atoms with E-state index in [0.717, 1.165) is 11.1 Å². The first-order valence-electron chi connectivity index (χ1n) is 9.95. The number of methoxy groups -OCH3 is 2. The van der Waals surface area contributed by atoms with Crippen LogP contribution in [-0.2, 0) is 0 Å². The molecule has 0 saturated heterocycles. The molecule has 7 heteroatoms. The molecule has 0 saturated carbocycles. The topological polar surface area (TPSA) is 89.0 Å². The molecule has 2 amide bonds. The number of rotatable bonds is 7. The summed E-state index contributed by atoms with van der Waals surface area (Å²) in [6, 6.07) is 17.5. The SMILES string of the molecule is COc1cc(OC)cc(C(=O)Nc2ccccc2C(=O)NN=Cc2ccc(C)c(C)c2)c1. The summed E-state index contributed by atoms with van der Waals surface area (Å²) in [5.74, 6) is 0.132. The van der Waals surface area contributed by atoms with Crippen LogP contribution in [0.5, 0.6) is 11.5 Å². The fourth-order valence-electron chi connectivity index (χ4n) is 2.99. The molecule has 0 unspecified atom stereocenters. The summed E-state index contributed by atoms with van der Waals surface area (Å²) < 4.78 is 10.4. The zero-order valence-electron chi connectivity index (χ0n) is 18.4. The summed E-state index contributed by atoms with van der Waals surface area (Å²) in [5, 5.41) is 6.81. The van der Waals surface area contributed by atoms with Crippen LogP contribution in [0.15, 0.2) is 65.8 Å². The molecule has 0 aliphatic rings. The molecule has 2 N–H and O–H groups in total. The zero-order chi connectivity index (χ0) is 23.1. The average molecular weight is 431 g/mol. The lowest BCUT2D eigenvalue weighted by Crippen LogP contribution is -2.21. The highest BCUT2D eigenvalue weighted by Crippen LogP contribution is 2.24. The van der Waals surface area contributed by atoms with E-state index >= 15 is 0 Å². The number of benzene rings is 3. The average Bonchev–Trinajstić information content (AvgIpc) is 2.81. The Morgan fingerprint density at radius 3 is 2.19 bits per heavy atom. The number of aryl methyl sites for hydroxylation is 2. The predicted molar refractivity (Wildman–Crippen MR) is 125 cm³/mol. The lowest BCUT2D eigenvalue weighted by atomic mass is 10.1. The third-order valence-electron chi connectivity index (χ3n) is 4.94. The van der Waals surface area contributed by atoms with Crippen molar-refractivity contribution < 1.29 is 19.1 Å². The molecule has 3 aromatic carbocycles. The molecule has 0 aliphatic carbocycles. The van der Waals surface area contributed by atoms with Gasteiger partial charge >= 0.3 is 0 Å². The fraction of sp³-hybridized carbons (Fsp3) is 0.160. The van der Waals surface area contributed by atoms with Crippen molar-refractivity contribution in [2.75, 3.05) is 19.5 Å². The van der Waals surface area contributed by atoms with E-state index in [0.29, 0.717) is 22.7 Å². The summed E-state index contributed by atoms with van der Waals surface area (Å²) in [5.41, 5.74) is 6.70. The highest BCUT2D eigenvalue weighted by Gasteiger charge is 2.15. The Morgan fingerprint density at radius 1 is 0.844 bits per heavy atom. The maximum atomic E-state index is 12.8. The molecule has 3 aromatic rings. The standard InChI is InChI=1S/C25H25N3O4/c1-16-9-10-18(11-17(16)2)15-26-28-25(30)22-7-5-6-8-23(22)27-24(29)19-12-20(31-3)14-21(13-19)32-4/h5-15H,1-4H3,(H,27,29)(H,28,30). The van der Waals surface area contributed by atoms with Crippen molar-refractivity contribution in [3.05, 3.63) is 88.5 Å². The van der Waals surface area contributed by atoms with Gasteiger partial charge in [0, 0.05) is 11.6 Å². The second-order valence-corrected chi connectivity index (χ2v) is 7.14. The second-order valence-electron chi connectivity index (χ2n) is 7.14. The third-order valence-corrected chi connectivity index (χ3v) is 4.94. The highest BCUT2D eigenvalue weighted by molar-refractivity contribution is 6.09. The molecule has 32 heavy (non-hydrogen) atoms. The van der Waals surface area contributed by atoms with Crippen LogP contribution >= 0.6 is 0 Å². The molecule has 3 rings (SSSR count). The normalized spacial score (nSPS) is 10.6. The van der Waals surface area contributed by atoms with E-state index in [2.05, 4.69) is 15.8 Å². The zero-order valence-corrected chi connectivity index (χ0v) is 18.4. The first-order chi connectivity index (χ1) is 15.4. The minimum absolute atomic E-state index is 0.285. The quantitative estimate of drug-likeness (QED) is 0.430. The van der Waals surface area contributed by atoms with Crippen LogP contribution in [0.3, 0.4) is 0 Å². The van der Waals surface area contributed by atoms with Gasteiger partial charge in [0.25, 0.3) is 11.8 Å². The van der Waals surface area contributed by atoms with Crippen LogP contribution in [0, 0.1) is 13.8 Å². The molecule has 0 bridgehead atoms. The van der Waals surface area contributed by atoms with E-state index < -0.39 is 11.8 Å². The molecular formula is C25H25N3O4. The number of carbonyl (C=O) groups is 2. The molecule has 0 aromatic heterocycles. The maximum Gasteiger partial charge on any atom is 0.273 e. The van der Waals surface area contributed by atoms with Crippen LogP contribution in [-0.4, -0.2) is 32.2 Å². The van der Waals surface area contributed by atoms with E-state index in [1.165, 1.54) is 19.8 Å². The minimum atomic E-state index is -0.441. The largest absolute Gasteiger partial charge is 0.497 e. The number of nitrogens with zero attached hydrogens (tertiary/aromatic N) is 1. The first kappa shape index (κ1) is 22.6. The molecule has 0 spiro atoms. The Bertz CT molecular complexity index is 1150. The second kappa shape index (κ2) is 10.3. The van der Waals surface area contributed by atoms with Crippen molar-refractivity contribution in [2.24, 2.45) is 5.10 Å². The number of anilines is 1. The molecule has 0 fully saturated rings. The van der Waals surface area contributed by atoms with Crippen LogP contribution in [0.4, 0.5) is 5.69 Å².